The number of carbonyl (C=O) groups excluding carboxylic acids is 8. The number of nitrogens with zero attached hydrogens (tertiary/aromatic N) is 4. The molecule has 4 aromatic rings. The molecule has 89 heavy (non-hydrogen) atoms. The largest absolute Gasteiger partial charge is 0.494 e. The minimum absolute atomic E-state index is 0.0228. The number of aromatic nitrogens is 2. The molecule has 0 saturated carbocycles. The number of benzene rings is 3. The molecule has 484 valence electrons. The number of amides is 8. The van der Waals surface area contributed by atoms with Crippen LogP contribution >= 0.6 is 11.3 Å². The van der Waals surface area contributed by atoms with Crippen LogP contribution in [0, 0.1) is 5.92 Å². The van der Waals surface area contributed by atoms with E-state index in [1.165, 1.54) is 62.8 Å². The normalized spacial score (nSPS) is 25.0. The van der Waals surface area contributed by atoms with Gasteiger partial charge in [-0.15, -0.1) is 10.2 Å². The number of aliphatic hydroxyl groups is 6. The molecule has 3 aliphatic heterocycles. The second kappa shape index (κ2) is 32.0. The molecule has 0 spiro atoms. The van der Waals surface area contributed by atoms with Gasteiger partial charge in [-0.05, 0) is 73.9 Å². The number of carbonyl (C=O) groups is 8. The Balaban J connectivity index is 1.15. The third kappa shape index (κ3) is 17.9. The van der Waals surface area contributed by atoms with E-state index in [2.05, 4.69) is 36.8 Å². The van der Waals surface area contributed by atoms with E-state index in [1.54, 1.807) is 19.2 Å². The molecule has 8 amide bonds. The highest BCUT2D eigenvalue weighted by molar-refractivity contribution is 7.17. The SMILES string of the molecule is COCCCCCCCOc1ccc(-c2nnc(-c3ccc(C(=O)N[C@H]4CC(O)CNC(=O)C5C(O)C(C)CN5C(=O)C(C(O)CC(N)=O)NC(=O)C(C(O)Cc5ccc(OC)c(OC)c5)NC(=O)C5CC(O)CN5C(=O)C(C(C)O)NC4=O)cc3)s2)cc1. The monoisotopic (exact) mass is 1260 g/mol. The summed E-state index contributed by atoms with van der Waals surface area (Å²) in [4.78, 5) is 115. The first-order chi connectivity index (χ1) is 42.5. The predicted octanol–water partition coefficient (Wildman–Crippen LogP) is -1.31. The van der Waals surface area contributed by atoms with Crippen molar-refractivity contribution in [3.05, 3.63) is 77.9 Å². The number of unbranched alkanes of at least 4 members (excludes halogenated alkanes) is 4. The highest BCUT2D eigenvalue weighted by atomic mass is 32.1. The van der Waals surface area contributed by atoms with Crippen LogP contribution in [0.15, 0.2) is 66.7 Å². The Kier molecular flexibility index (Phi) is 24.7. The molecule has 13 atom stereocenters. The maximum absolute atomic E-state index is 14.7. The summed E-state index contributed by atoms with van der Waals surface area (Å²) in [6, 6.07) is 6.76. The first kappa shape index (κ1) is 68.6. The Bertz CT molecular complexity index is 3100. The summed E-state index contributed by atoms with van der Waals surface area (Å²) in [6.45, 7) is 2.39. The van der Waals surface area contributed by atoms with Crippen molar-refractivity contribution in [2.75, 3.05) is 54.2 Å². The number of β-amino-alcohol motifs (C(OH)–C–C–N with tert-alkyl or cyclic N) is 1. The van der Waals surface area contributed by atoms with Gasteiger partial charge in [0, 0.05) is 75.2 Å². The fourth-order valence-corrected chi connectivity index (χ4v) is 11.7. The second-order valence-electron chi connectivity index (χ2n) is 22.5. The van der Waals surface area contributed by atoms with Crippen LogP contribution in [0.25, 0.3) is 21.1 Å². The fourth-order valence-electron chi connectivity index (χ4n) is 10.8. The lowest BCUT2D eigenvalue weighted by Crippen LogP contribution is -2.64. The maximum Gasteiger partial charge on any atom is 0.251 e. The van der Waals surface area contributed by atoms with E-state index in [1.807, 2.05) is 24.3 Å². The van der Waals surface area contributed by atoms with Crippen molar-refractivity contribution in [3.63, 3.8) is 0 Å². The molecule has 1 aromatic heterocycles. The van der Waals surface area contributed by atoms with Gasteiger partial charge in [-0.1, -0.05) is 55.7 Å². The molecule has 4 heterocycles. The molecule has 3 aliphatic rings. The molecule has 3 aromatic carbocycles. The molecule has 13 N–H and O–H groups in total. The lowest BCUT2D eigenvalue weighted by molar-refractivity contribution is -0.147. The molecule has 7 rings (SSSR count). The summed E-state index contributed by atoms with van der Waals surface area (Å²) >= 11 is 1.30. The lowest BCUT2D eigenvalue weighted by atomic mass is 9.98. The first-order valence-electron chi connectivity index (χ1n) is 29.4. The van der Waals surface area contributed by atoms with E-state index in [9.17, 15) is 69.0 Å². The van der Waals surface area contributed by atoms with Crippen molar-refractivity contribution in [2.24, 2.45) is 11.7 Å². The number of primary amides is 1. The van der Waals surface area contributed by atoms with E-state index < -0.39 is 165 Å². The number of fused-ring (bicyclic) bond motifs is 2. The lowest BCUT2D eigenvalue weighted by Gasteiger charge is -2.33. The minimum Gasteiger partial charge on any atom is -0.494 e. The van der Waals surface area contributed by atoms with Gasteiger partial charge in [0.2, 0.25) is 41.4 Å². The summed E-state index contributed by atoms with van der Waals surface area (Å²) in [6.07, 6.45) is -7.72. The summed E-state index contributed by atoms with van der Waals surface area (Å²) in [5.74, 6) is -8.61. The van der Waals surface area contributed by atoms with Gasteiger partial charge in [-0.25, -0.2) is 0 Å². The molecular weight excluding hydrogens is 1180 g/mol. The van der Waals surface area contributed by atoms with Gasteiger partial charge in [0.15, 0.2) is 11.5 Å². The van der Waals surface area contributed by atoms with Crippen LogP contribution in [0.5, 0.6) is 17.2 Å². The number of nitrogens with one attached hydrogen (secondary N) is 5. The van der Waals surface area contributed by atoms with Gasteiger partial charge < -0.3 is 91.7 Å². The van der Waals surface area contributed by atoms with Gasteiger partial charge in [-0.2, -0.15) is 0 Å². The molecule has 12 unspecified atom stereocenters. The number of rotatable bonds is 22. The molecule has 0 radical (unpaired) electrons. The summed E-state index contributed by atoms with van der Waals surface area (Å²) in [5, 5.41) is 90.4. The van der Waals surface area contributed by atoms with Crippen molar-refractivity contribution in [3.8, 4) is 38.4 Å². The Labute approximate surface area is 517 Å². The molecule has 3 fully saturated rings. The zero-order valence-electron chi connectivity index (χ0n) is 50.1. The topological polar surface area (TPSA) is 413 Å². The Morgan fingerprint density at radius 2 is 1.30 bits per heavy atom. The molecule has 0 bridgehead atoms. The predicted molar refractivity (Wildman–Crippen MR) is 319 cm³/mol. The summed E-state index contributed by atoms with van der Waals surface area (Å²) in [5.41, 5.74) is 7.17. The van der Waals surface area contributed by atoms with E-state index in [4.69, 9.17) is 24.7 Å². The molecule has 0 aliphatic carbocycles. The molecule has 28 nitrogen and oxygen atoms in total. The molecule has 29 heteroatoms. The van der Waals surface area contributed by atoms with E-state index in [0.29, 0.717) is 33.5 Å². The molecular formula is C60H80N10O18S. The third-order valence-electron chi connectivity index (χ3n) is 15.7. The average Bonchev–Trinajstić information content (AvgIpc) is 1.80. The Morgan fingerprint density at radius 3 is 1.93 bits per heavy atom. The number of hydrogen-bond donors (Lipinski definition) is 12. The van der Waals surface area contributed by atoms with Crippen molar-refractivity contribution in [1.82, 2.24) is 46.6 Å². The van der Waals surface area contributed by atoms with Gasteiger partial charge in [-0.3, -0.25) is 38.4 Å². The van der Waals surface area contributed by atoms with E-state index >= 15 is 0 Å². The summed E-state index contributed by atoms with van der Waals surface area (Å²) < 4.78 is 21.7. The number of nitrogens with two attached hydrogens (primary N) is 1. The fraction of sp³-hybridized carbons (Fsp3) is 0.533. The van der Waals surface area contributed by atoms with Gasteiger partial charge in [0.1, 0.15) is 52.0 Å². The van der Waals surface area contributed by atoms with Crippen molar-refractivity contribution >= 4 is 58.6 Å². The van der Waals surface area contributed by atoms with Gasteiger partial charge in [0.25, 0.3) is 5.91 Å². The van der Waals surface area contributed by atoms with Crippen LogP contribution in [0.3, 0.4) is 0 Å². The number of hydrogen-bond acceptors (Lipinski definition) is 21. The van der Waals surface area contributed by atoms with Gasteiger partial charge in [0.05, 0.1) is 63.9 Å². The van der Waals surface area contributed by atoms with Crippen molar-refractivity contribution in [1.29, 1.82) is 0 Å². The quantitative estimate of drug-likeness (QED) is 0.0406. The van der Waals surface area contributed by atoms with Crippen LogP contribution < -0.4 is 46.5 Å². The second-order valence-corrected chi connectivity index (χ2v) is 23.5. The van der Waals surface area contributed by atoms with Crippen LogP contribution in [0.2, 0.25) is 0 Å². The Morgan fingerprint density at radius 1 is 0.697 bits per heavy atom. The third-order valence-corrected chi connectivity index (χ3v) is 16.8. The highest BCUT2D eigenvalue weighted by Crippen LogP contribution is 2.33. The van der Waals surface area contributed by atoms with Crippen molar-refractivity contribution in [2.45, 2.75) is 145 Å². The number of methoxy groups -OCH3 is 3. The average molecular weight is 1260 g/mol. The van der Waals surface area contributed by atoms with E-state index in [-0.39, 0.29) is 17.9 Å². The van der Waals surface area contributed by atoms with Crippen LogP contribution in [0.1, 0.15) is 81.1 Å². The summed E-state index contributed by atoms with van der Waals surface area (Å²) in [7, 11) is 4.44. The Hall–Kier alpha value is -7.90. The van der Waals surface area contributed by atoms with Crippen LogP contribution in [-0.2, 0) is 44.7 Å². The number of ether oxygens (including phenoxy) is 4. The zero-order chi connectivity index (χ0) is 64.6. The zero-order valence-corrected chi connectivity index (χ0v) is 50.9. The van der Waals surface area contributed by atoms with E-state index in [0.717, 1.165) is 66.7 Å². The molecule has 3 saturated heterocycles. The van der Waals surface area contributed by atoms with Crippen LogP contribution in [0.4, 0.5) is 0 Å². The van der Waals surface area contributed by atoms with Gasteiger partial charge >= 0.3 is 0 Å². The highest BCUT2D eigenvalue weighted by Gasteiger charge is 2.50. The standard InChI is InChI=1S/C60H80N10O18S/c1-31-29-70-50(51(31)77)56(82)62-28-37(72)25-40(63-52(78)34-12-14-35(15-13-34)57-67-68-58(89-57)36-16-18-39(19-17-36)88-22-10-8-6-7-9-21-85-3)53(79)64-47(32(2)71)59(83)69-30-38(73)26-41(69)54(80)65-48(55(81)66-49(60(70)84)43(75)27-46(61)76)42(74)23-33-11-20-44(86-4)45(24-33)87-5/h11-20,24,31-32,37-38,40-43,47-51,71-75,77H,6-10,21-23,25-30H2,1-5H3,(H2,61,76)(H,62,82)(H,63,78)(H,64,79)(H,65,80)(H,66,81)/t31?,32?,37?,38?,40-,41?,42?,43?,47?,48?,49?,50?,51?/m0/s1. The number of aliphatic hydroxyl groups excluding tert-OH is 6. The minimum atomic E-state index is -2.15. The maximum atomic E-state index is 14.7. The van der Waals surface area contributed by atoms with Crippen molar-refractivity contribution < 1.29 is 87.9 Å². The van der Waals surface area contributed by atoms with Crippen LogP contribution in [-0.4, -0.2) is 225 Å². The first-order valence-corrected chi connectivity index (χ1v) is 30.2. The smallest absolute Gasteiger partial charge is 0.251 e.